The molecule has 0 bridgehead atoms. The van der Waals surface area contributed by atoms with E-state index in [1.54, 1.807) is 0 Å². The van der Waals surface area contributed by atoms with Gasteiger partial charge in [0.25, 0.3) is 0 Å². The van der Waals surface area contributed by atoms with Gasteiger partial charge in [-0.2, -0.15) is 0 Å². The molecule has 9 aromatic carbocycles. The molecule has 0 aliphatic heterocycles. The van der Waals surface area contributed by atoms with Crippen LogP contribution in [0.3, 0.4) is 0 Å². The smallest absolute Gasteiger partial charge is 0.136 e. The maximum absolute atomic E-state index is 6.48. The van der Waals surface area contributed by atoms with Crippen LogP contribution >= 0.6 is 0 Å². The fraction of sp³-hybridized carbons (Fsp3) is 0.217. The zero-order valence-corrected chi connectivity index (χ0v) is 43.1. The van der Waals surface area contributed by atoms with Crippen molar-refractivity contribution in [3.05, 3.63) is 207 Å². The van der Waals surface area contributed by atoms with E-state index in [2.05, 4.69) is 227 Å². The van der Waals surface area contributed by atoms with Gasteiger partial charge in [0.05, 0.1) is 5.69 Å². The third-order valence-corrected chi connectivity index (χ3v) is 18.3. The van der Waals surface area contributed by atoms with Crippen LogP contribution in [0.25, 0.3) is 88.4 Å². The van der Waals surface area contributed by atoms with Gasteiger partial charge in [-0.05, 0) is 194 Å². The number of nitrogens with zero attached hydrogens (tertiary/aromatic N) is 1. The first kappa shape index (κ1) is 42.1. The first-order chi connectivity index (χ1) is 34.4. The van der Waals surface area contributed by atoms with Gasteiger partial charge < -0.3 is 13.7 Å². The Balaban J connectivity index is 0.882. The van der Waals surface area contributed by atoms with E-state index in [9.17, 15) is 0 Å². The van der Waals surface area contributed by atoms with E-state index in [1.807, 2.05) is 0 Å². The number of rotatable bonds is 3. The highest BCUT2D eigenvalue weighted by Gasteiger charge is 2.45. The van der Waals surface area contributed by atoms with Gasteiger partial charge in [0.1, 0.15) is 22.3 Å². The number of anilines is 3. The number of fused-ring (bicyclic) bond motifs is 20. The van der Waals surface area contributed by atoms with Crippen molar-refractivity contribution in [2.24, 2.45) is 0 Å². The Hall–Kier alpha value is -7.62. The molecule has 0 atom stereocenters. The molecule has 15 rings (SSSR count). The topological polar surface area (TPSA) is 29.5 Å². The fourth-order valence-electron chi connectivity index (χ4n) is 14.7. The summed E-state index contributed by atoms with van der Waals surface area (Å²) in [7, 11) is 0. The highest BCUT2D eigenvalue weighted by atomic mass is 16.3. The standard InChI is InChI=1S/C69H57NO2/c1-36-28-37(2)65(38(3)29-36)70(39-20-22-41-45-32-55-47(34-53(45)68(8,9)51(41)30-39)61-49(66(55,4)5)24-26-59-63(61)43-16-12-14-18-57(43)71-59)40-21-23-42-46-33-56-48(35-54(46)69(10,11)52(42)31-40)62-50(67(56,6)7)25-27-60-64(62)44-17-13-15-19-58(44)72-60/h12-35H,1-11H3. The summed E-state index contributed by atoms with van der Waals surface area (Å²) in [4.78, 5) is 2.56. The lowest BCUT2D eigenvalue weighted by atomic mass is 9.79. The minimum absolute atomic E-state index is 0.167. The van der Waals surface area contributed by atoms with Gasteiger partial charge in [0.2, 0.25) is 0 Å². The third-order valence-electron chi connectivity index (χ3n) is 18.3. The Bertz CT molecular complexity index is 4040. The lowest BCUT2D eigenvalue weighted by Crippen LogP contribution is -2.19. The van der Waals surface area contributed by atoms with Crippen LogP contribution in [0.5, 0.6) is 0 Å². The molecule has 0 saturated heterocycles. The summed E-state index contributed by atoms with van der Waals surface area (Å²) in [5.41, 5.74) is 32.0. The van der Waals surface area contributed by atoms with E-state index in [0.29, 0.717) is 0 Å². The first-order valence-corrected chi connectivity index (χ1v) is 25.9. The van der Waals surface area contributed by atoms with Crippen LogP contribution < -0.4 is 4.90 Å². The molecule has 4 aliphatic carbocycles. The van der Waals surface area contributed by atoms with Gasteiger partial charge in [0, 0.05) is 54.6 Å². The molecular formula is C69H57NO2. The average molecular weight is 932 g/mol. The van der Waals surface area contributed by atoms with Crippen LogP contribution in [0.1, 0.15) is 117 Å². The van der Waals surface area contributed by atoms with E-state index >= 15 is 0 Å². The molecule has 2 heterocycles. The Labute approximate surface area is 421 Å². The number of furan rings is 2. The highest BCUT2D eigenvalue weighted by Crippen LogP contribution is 2.61. The molecule has 0 fully saturated rings. The zero-order valence-electron chi connectivity index (χ0n) is 43.1. The fourth-order valence-corrected chi connectivity index (χ4v) is 14.7. The van der Waals surface area contributed by atoms with Crippen LogP contribution in [0.15, 0.2) is 154 Å². The molecule has 0 unspecified atom stereocenters. The van der Waals surface area contributed by atoms with Crippen molar-refractivity contribution in [2.75, 3.05) is 4.90 Å². The minimum atomic E-state index is -0.249. The molecule has 2 aromatic heterocycles. The van der Waals surface area contributed by atoms with Crippen LogP contribution in [-0.4, -0.2) is 0 Å². The summed E-state index contributed by atoms with van der Waals surface area (Å²) in [6.07, 6.45) is 0. The van der Waals surface area contributed by atoms with Crippen molar-refractivity contribution < 1.29 is 8.83 Å². The van der Waals surface area contributed by atoms with Crippen molar-refractivity contribution in [3.63, 3.8) is 0 Å². The summed E-state index contributed by atoms with van der Waals surface area (Å²) in [5, 5.41) is 4.83. The van der Waals surface area contributed by atoms with Crippen LogP contribution in [-0.2, 0) is 21.7 Å². The van der Waals surface area contributed by atoms with E-state index in [4.69, 9.17) is 8.83 Å². The molecule has 4 aliphatic rings. The van der Waals surface area contributed by atoms with Gasteiger partial charge in [-0.25, -0.2) is 0 Å². The number of aryl methyl sites for hydroxylation is 3. The molecule has 0 amide bonds. The maximum Gasteiger partial charge on any atom is 0.136 e. The Morgan fingerprint density at radius 1 is 0.333 bits per heavy atom. The van der Waals surface area contributed by atoms with E-state index in [-0.39, 0.29) is 21.7 Å². The second kappa shape index (κ2) is 13.5. The SMILES string of the molecule is Cc1cc(C)c(N(c2ccc3c(c2)C(C)(C)c2cc4c(cc2-3)C(C)(C)c2ccc3oc5ccccc5c3c2-4)c2ccc3c(c2)C(C)(C)c2cc4c(cc2-3)C(C)(C)c2ccc3oc5ccccc5c3c2-4)c(C)c1. The largest absolute Gasteiger partial charge is 0.456 e. The number of para-hydroxylation sites is 2. The summed E-state index contributed by atoms with van der Waals surface area (Å²) in [5.74, 6) is 0. The Morgan fingerprint density at radius 2 is 0.708 bits per heavy atom. The molecule has 72 heavy (non-hydrogen) atoms. The molecule has 11 aromatic rings. The first-order valence-electron chi connectivity index (χ1n) is 25.9. The summed E-state index contributed by atoms with van der Waals surface area (Å²) >= 11 is 0. The summed E-state index contributed by atoms with van der Waals surface area (Å²) in [6, 6.07) is 55.5. The Kier molecular flexibility index (Phi) is 7.87. The maximum atomic E-state index is 6.48. The van der Waals surface area contributed by atoms with E-state index < -0.39 is 0 Å². The van der Waals surface area contributed by atoms with E-state index in [1.165, 1.54) is 144 Å². The van der Waals surface area contributed by atoms with Crippen molar-refractivity contribution in [1.82, 2.24) is 0 Å². The minimum Gasteiger partial charge on any atom is -0.456 e. The molecular weight excluding hydrogens is 875 g/mol. The molecule has 0 spiro atoms. The van der Waals surface area contributed by atoms with Crippen molar-refractivity contribution in [1.29, 1.82) is 0 Å². The normalized spacial score (nSPS) is 16.4. The molecule has 3 heteroatoms. The Morgan fingerprint density at radius 3 is 1.15 bits per heavy atom. The molecule has 0 N–H and O–H groups in total. The lowest BCUT2D eigenvalue weighted by molar-refractivity contribution is 0.650. The van der Waals surface area contributed by atoms with Gasteiger partial charge >= 0.3 is 0 Å². The van der Waals surface area contributed by atoms with Crippen molar-refractivity contribution in [3.8, 4) is 44.5 Å². The van der Waals surface area contributed by atoms with Gasteiger partial charge in [-0.3, -0.25) is 0 Å². The second-order valence-corrected chi connectivity index (χ2v) is 23.8. The predicted octanol–water partition coefficient (Wildman–Crippen LogP) is 19.1. The predicted molar refractivity (Wildman–Crippen MR) is 300 cm³/mol. The summed E-state index contributed by atoms with van der Waals surface area (Å²) in [6.45, 7) is 26.1. The van der Waals surface area contributed by atoms with Crippen molar-refractivity contribution >= 4 is 60.9 Å². The van der Waals surface area contributed by atoms with Crippen LogP contribution in [0.2, 0.25) is 0 Å². The van der Waals surface area contributed by atoms with Crippen molar-refractivity contribution in [2.45, 2.75) is 97.8 Å². The zero-order chi connectivity index (χ0) is 49.3. The highest BCUT2D eigenvalue weighted by molar-refractivity contribution is 6.16. The number of hydrogen-bond acceptors (Lipinski definition) is 3. The molecule has 0 saturated carbocycles. The van der Waals surface area contributed by atoms with Crippen LogP contribution in [0, 0.1) is 20.8 Å². The average Bonchev–Trinajstić information content (AvgIpc) is 4.14. The van der Waals surface area contributed by atoms with Gasteiger partial charge in [0.15, 0.2) is 0 Å². The van der Waals surface area contributed by atoms with Gasteiger partial charge in [-0.15, -0.1) is 0 Å². The third kappa shape index (κ3) is 5.11. The van der Waals surface area contributed by atoms with E-state index in [0.717, 1.165) is 22.3 Å². The summed E-state index contributed by atoms with van der Waals surface area (Å²) < 4.78 is 13.0. The van der Waals surface area contributed by atoms with Crippen LogP contribution in [0.4, 0.5) is 17.1 Å². The van der Waals surface area contributed by atoms with Gasteiger partial charge in [-0.1, -0.05) is 134 Å². The second-order valence-electron chi connectivity index (χ2n) is 23.8. The molecule has 350 valence electrons. The molecule has 0 radical (unpaired) electrons. The quantitative estimate of drug-likeness (QED) is 0.177. The lowest BCUT2D eigenvalue weighted by Gasteiger charge is -2.32. The molecule has 3 nitrogen and oxygen atoms in total. The number of benzene rings is 9. The number of hydrogen-bond donors (Lipinski definition) is 0. The monoisotopic (exact) mass is 931 g/mol.